The third-order valence-electron chi connectivity index (χ3n) is 12.4. The van der Waals surface area contributed by atoms with Crippen LogP contribution < -0.4 is 21.1 Å². The Morgan fingerprint density at radius 1 is 0.385 bits per heavy atom. The third kappa shape index (κ3) is 36.0. The molecule has 0 aliphatic rings. The van der Waals surface area contributed by atoms with Gasteiger partial charge in [0.1, 0.15) is 30.6 Å². The van der Waals surface area contributed by atoms with Crippen LogP contribution in [0.3, 0.4) is 0 Å². The zero-order valence-electron chi connectivity index (χ0n) is 55.1. The summed E-state index contributed by atoms with van der Waals surface area (Å²) in [4.78, 5) is 20.7. The molecule has 2 aromatic heterocycles. The summed E-state index contributed by atoms with van der Waals surface area (Å²) in [5.41, 5.74) is 15.2. The first-order valence-electron chi connectivity index (χ1n) is 28.2. The second kappa shape index (κ2) is 58.9. The van der Waals surface area contributed by atoms with Crippen molar-refractivity contribution in [3.8, 4) is 34.0 Å². The second-order valence-corrected chi connectivity index (χ2v) is 225. The SMILES string of the molecule is C.Cc1cccc(-c2ncnc(Nc3ccc(CN)cc3)c2O)c1.PP(P)P(P(P)P)P(P(P)P)P(P(P(P)P)P(P)P)P(P(P(P(P)P)P(P)P)P(P(P)P)P(P)P)P(P(P(P)P)P(P)P)P(P(P)P)P(P)P.[C-]#[N+]c1ccc(Nc2ncnc(-c3cccc(C)c3)c2OCc2ccccc2)cc1. The summed E-state index contributed by atoms with van der Waals surface area (Å²) in [6.45, 7) is 8.09. The number of anilines is 4. The van der Waals surface area contributed by atoms with Crippen LogP contribution in [0.15, 0.2) is 140 Å². The van der Waals surface area contributed by atoms with Crippen LogP contribution in [0.25, 0.3) is 27.4 Å². The largest absolute Gasteiger partial charge is 0.503 e. The number of hydrogen-bond donors (Lipinski definition) is 4. The smallest absolute Gasteiger partial charge is 0.188 e. The van der Waals surface area contributed by atoms with E-state index < -0.39 is 0 Å². The van der Waals surface area contributed by atoms with Crippen LogP contribution in [0.2, 0.25) is 0 Å². The number of nitrogens with zero attached hydrogens (tertiary/aromatic N) is 5. The van der Waals surface area contributed by atoms with Gasteiger partial charge in [-0.25, -0.2) is 24.8 Å². The molecule has 28 atom stereocenters. The van der Waals surface area contributed by atoms with Crippen molar-refractivity contribution in [3.63, 3.8) is 0 Å². The number of rotatable bonds is 33. The zero-order chi connectivity index (χ0) is 76.9. The fourth-order valence-corrected chi connectivity index (χ4v) is 720. The van der Waals surface area contributed by atoms with Crippen molar-refractivity contribution in [2.75, 3.05) is 10.6 Å². The van der Waals surface area contributed by atoms with Gasteiger partial charge in [0.25, 0.3) is 0 Å². The van der Waals surface area contributed by atoms with E-state index >= 15 is 0 Å². The van der Waals surface area contributed by atoms with Gasteiger partial charge in [0.2, 0.25) is 0 Å². The summed E-state index contributed by atoms with van der Waals surface area (Å²) in [7, 11) is 90.4. The van der Waals surface area contributed by atoms with E-state index in [4.69, 9.17) is 17.0 Å². The van der Waals surface area contributed by atoms with Crippen LogP contribution in [-0.2, 0) is 13.2 Å². The van der Waals surface area contributed by atoms with E-state index in [1.807, 2.05) is 123 Å². The Balaban J connectivity index is 0.000000356. The van der Waals surface area contributed by atoms with Gasteiger partial charge < -0.3 is 26.2 Å². The Kier molecular flexibility index (Phi) is 62.7. The minimum absolute atomic E-state index is 0. The fourth-order valence-electron chi connectivity index (χ4n) is 8.36. The lowest BCUT2D eigenvalue weighted by Gasteiger charge is -2.58. The van der Waals surface area contributed by atoms with E-state index in [1.54, 1.807) is 12.1 Å². The lowest BCUT2D eigenvalue weighted by atomic mass is 10.1. The molecule has 0 saturated carbocycles. The Labute approximate surface area is 708 Å². The highest BCUT2D eigenvalue weighted by atomic mass is 33.6. The van der Waals surface area contributed by atoms with Crippen molar-refractivity contribution >= 4 is 429 Å². The molecule has 28 unspecified atom stereocenters. The molecular formula is C44H94N8O2P50. The van der Waals surface area contributed by atoms with E-state index in [-0.39, 0.29) is 181 Å². The molecule has 0 bridgehead atoms. The van der Waals surface area contributed by atoms with E-state index in [1.165, 1.54) is 12.7 Å². The first-order valence-corrected chi connectivity index (χ1v) is 119. The maximum atomic E-state index is 10.5. The number of aromatic hydroxyl groups is 1. The van der Waals surface area contributed by atoms with Crippen molar-refractivity contribution in [1.29, 1.82) is 0 Å². The molecule has 10 nitrogen and oxygen atoms in total. The highest BCUT2D eigenvalue weighted by Gasteiger charge is 2.59. The molecule has 5 N–H and O–H groups in total. The Morgan fingerprint density at radius 2 is 0.712 bits per heavy atom. The van der Waals surface area contributed by atoms with Crippen molar-refractivity contribution in [1.82, 2.24) is 19.9 Å². The number of nitrogens with two attached hydrogens (primary N) is 1. The number of aryl methyl sites for hydroxylation is 2. The van der Waals surface area contributed by atoms with Crippen LogP contribution in [0.5, 0.6) is 11.5 Å². The van der Waals surface area contributed by atoms with Crippen LogP contribution in [0.1, 0.15) is 29.7 Å². The van der Waals surface area contributed by atoms with Crippen molar-refractivity contribution in [3.05, 3.63) is 174 Å². The molecule has 0 aliphatic carbocycles. The molecule has 7 aromatic rings. The lowest BCUT2D eigenvalue weighted by molar-refractivity contribution is 0.307. The number of nitrogens with one attached hydrogen (secondary N) is 2. The topological polar surface area (TPSA) is 135 Å². The highest BCUT2D eigenvalue weighted by Crippen LogP contribution is 3.46. The Hall–Kier alpha value is 14.4. The fraction of sp³-hybridized carbons (Fsp3) is 0.114. The molecular weight excluding hydrogens is 2220 g/mol. The third-order valence-corrected chi connectivity index (χ3v) is 355. The predicted molar refractivity (Wildman–Crippen MR) is 636 cm³/mol. The number of benzene rings is 5. The van der Waals surface area contributed by atoms with Gasteiger partial charge in [-0.3, -0.25) is 0 Å². The molecule has 0 amide bonds. The summed E-state index contributed by atoms with van der Waals surface area (Å²) in [5.74, 6) is 1.56. The zero-order valence-corrected chi connectivity index (χ0v) is 107. The van der Waals surface area contributed by atoms with E-state index in [9.17, 15) is 5.11 Å². The van der Waals surface area contributed by atoms with Gasteiger partial charge in [-0.2, -0.15) is 0 Å². The highest BCUT2D eigenvalue weighted by molar-refractivity contribution is 9.52. The van der Waals surface area contributed by atoms with Crippen LogP contribution in [0, 0.1) is 20.4 Å². The summed E-state index contributed by atoms with van der Waals surface area (Å²) < 4.78 is 6.23. The van der Waals surface area contributed by atoms with Gasteiger partial charge in [-0.15, -0.1) is 232 Å². The number of hydrogen-bond acceptors (Lipinski definition) is 9. The standard InChI is InChI=1S/C25H20N4O.C18H18N4O.CH4.H52P50/c1-18-7-6-10-20(15-18)23-24(30-16-19-8-4-3-5-9-19)25(28-17-27-23)29-22-13-11-21(26-2)12-14-22;1-12-3-2-4-14(9-12)16-17(23)18(21-11-20-16)22-15-7-5-13(10-19)6-8-15;;1-27(2)40(28(3)4)46(39(25)26)49(45(37(21)22)38(23)24)50(47(41(29(5)6)30(7)8)42(31(9)10)32(11)12)48(43(33(13)14)34(15)16)44(35(17)18)36(19)20/h3-15,17H,16H2,1H3,(H,27,28,29);2-9,11,23H,10,19H2,1H3,(H,20,21,22);1H4;1-26H2. The normalized spacial score (nSPS) is 12.8. The summed E-state index contributed by atoms with van der Waals surface area (Å²) >= 11 is 0. The first-order chi connectivity index (χ1) is 48.6. The average molecular weight is 2320 g/mol. The molecule has 572 valence electrons. The molecule has 0 aliphatic heterocycles. The van der Waals surface area contributed by atoms with Crippen LogP contribution >= 0.6 is 400 Å². The van der Waals surface area contributed by atoms with Crippen LogP contribution in [0.4, 0.5) is 28.7 Å². The molecule has 0 radical (unpaired) electrons. The molecule has 2 heterocycles. The Bertz CT molecular complexity index is 3580. The first kappa shape index (κ1) is 111. The monoisotopic (exact) mass is 2320 g/mol. The molecule has 0 spiro atoms. The molecule has 5 aromatic carbocycles. The van der Waals surface area contributed by atoms with Crippen molar-refractivity contribution in [2.45, 2.75) is 34.4 Å². The van der Waals surface area contributed by atoms with Crippen molar-refractivity contribution < 1.29 is 9.84 Å². The van der Waals surface area contributed by atoms with Crippen LogP contribution in [-0.4, -0.2) is 25.0 Å². The van der Waals surface area contributed by atoms with Gasteiger partial charge in [-0.05, 0) is 229 Å². The summed E-state index contributed by atoms with van der Waals surface area (Å²) in [5, 5.41) is 16.9. The molecule has 104 heavy (non-hydrogen) atoms. The maximum Gasteiger partial charge on any atom is 0.188 e. The Morgan fingerprint density at radius 3 is 1.08 bits per heavy atom. The lowest BCUT2D eigenvalue weighted by Crippen LogP contribution is -2.04. The summed E-state index contributed by atoms with van der Waals surface area (Å²) in [6, 6.07) is 40.8. The predicted octanol–water partition coefficient (Wildman–Crippen LogP) is 39.5. The van der Waals surface area contributed by atoms with E-state index in [0.29, 0.717) is 41.9 Å². The van der Waals surface area contributed by atoms with Gasteiger partial charge >= 0.3 is 0 Å². The van der Waals surface area contributed by atoms with Gasteiger partial charge in [-0.1, -0.05) is 110 Å². The quantitative estimate of drug-likeness (QED) is 0.0234. The van der Waals surface area contributed by atoms with Gasteiger partial charge in [0.15, 0.2) is 28.8 Å². The van der Waals surface area contributed by atoms with E-state index in [2.05, 4.69) is 274 Å². The van der Waals surface area contributed by atoms with Crippen molar-refractivity contribution in [2.24, 2.45) is 5.73 Å². The molecule has 0 fully saturated rings. The molecule has 60 heteroatoms. The number of ether oxygens (including phenoxy) is 1. The minimum atomic E-state index is -0.212. The summed E-state index contributed by atoms with van der Waals surface area (Å²) in [6.07, 6.45) is 2.97. The average Bonchev–Trinajstić information content (AvgIpc) is 0.735. The van der Waals surface area contributed by atoms with Gasteiger partial charge in [0, 0.05) is 29.0 Å². The maximum absolute atomic E-state index is 10.5. The second-order valence-electron chi connectivity index (χ2n) is 20.0. The van der Waals surface area contributed by atoms with Gasteiger partial charge in [0.05, 0.1) is 6.57 Å². The van der Waals surface area contributed by atoms with E-state index in [0.717, 1.165) is 50.4 Å². The molecule has 0 saturated heterocycles. The number of aromatic nitrogens is 4. The minimum Gasteiger partial charge on any atom is -0.503 e. The molecule has 7 rings (SSSR count).